The van der Waals surface area contributed by atoms with Gasteiger partial charge in [-0.05, 0) is 6.07 Å². The normalized spacial score (nSPS) is 10.3. The summed E-state index contributed by atoms with van der Waals surface area (Å²) in [6.07, 6.45) is 0. The van der Waals surface area contributed by atoms with Crippen molar-refractivity contribution in [2.75, 3.05) is 31.6 Å². The summed E-state index contributed by atoms with van der Waals surface area (Å²) in [5, 5.41) is 28.6. The van der Waals surface area contributed by atoms with Crippen LogP contribution >= 0.6 is 0 Å². The average Bonchev–Trinajstić information content (AvgIpc) is 2.42. The van der Waals surface area contributed by atoms with Crippen molar-refractivity contribution in [3.8, 4) is 0 Å². The van der Waals surface area contributed by atoms with E-state index in [1.54, 1.807) is 0 Å². The predicted octanol–water partition coefficient (Wildman–Crippen LogP) is 0.481. The summed E-state index contributed by atoms with van der Waals surface area (Å²) in [5.74, 6) is -4.21. The molecule has 1 aromatic rings. The van der Waals surface area contributed by atoms with Crippen LogP contribution in [0.15, 0.2) is 12.1 Å². The third-order valence-corrected chi connectivity index (χ3v) is 2.56. The second kappa shape index (κ2) is 7.50. The summed E-state index contributed by atoms with van der Waals surface area (Å²) < 4.78 is 26.2. The van der Waals surface area contributed by atoms with Crippen molar-refractivity contribution in [3.63, 3.8) is 0 Å². The number of benzene rings is 1. The Morgan fingerprint density at radius 3 is 2.10 bits per heavy atom. The maximum absolute atomic E-state index is 13.2. The lowest BCUT2D eigenvalue weighted by molar-refractivity contribution is 0.0697. The first-order valence-electron chi connectivity index (χ1n) is 5.90. The fraction of sp³-hybridized carbons (Fsp3) is 0.333. The molecule has 0 aromatic heterocycles. The highest BCUT2D eigenvalue weighted by atomic mass is 19.2. The fourth-order valence-electron chi connectivity index (χ4n) is 1.58. The summed E-state index contributed by atoms with van der Waals surface area (Å²) in [5.41, 5.74) is -1.04. The third-order valence-electron chi connectivity index (χ3n) is 2.56. The number of hydrogen-bond acceptors (Lipinski definition) is 4. The molecule has 21 heavy (non-hydrogen) atoms. The Bertz CT molecular complexity index is 533. The van der Waals surface area contributed by atoms with Gasteiger partial charge in [0, 0.05) is 19.2 Å². The first-order valence-corrected chi connectivity index (χ1v) is 5.90. The Kier molecular flexibility index (Phi) is 6.00. The van der Waals surface area contributed by atoms with Gasteiger partial charge in [0.2, 0.25) is 0 Å². The summed E-state index contributed by atoms with van der Waals surface area (Å²) in [4.78, 5) is 23.8. The van der Waals surface area contributed by atoms with Crippen LogP contribution in [0, 0.1) is 11.6 Å². The van der Waals surface area contributed by atoms with Crippen molar-refractivity contribution in [2.45, 2.75) is 0 Å². The standard InChI is InChI=1S/C12H14F2N2O5/c13-8-5-7(11(19)20)10(6-9(8)14)15-12(21)16(1-3-17)2-4-18/h5-6,17-18H,1-4H2,(H,15,21)(H,19,20). The van der Waals surface area contributed by atoms with E-state index in [1.807, 2.05) is 0 Å². The molecule has 1 aromatic carbocycles. The van der Waals surface area contributed by atoms with Crippen LogP contribution < -0.4 is 5.32 Å². The summed E-state index contributed by atoms with van der Waals surface area (Å²) >= 11 is 0. The Balaban J connectivity index is 3.02. The molecule has 0 saturated heterocycles. The number of aliphatic hydroxyl groups is 2. The minimum Gasteiger partial charge on any atom is -0.478 e. The lowest BCUT2D eigenvalue weighted by Gasteiger charge is -2.21. The Morgan fingerprint density at radius 2 is 1.62 bits per heavy atom. The SMILES string of the molecule is O=C(O)c1cc(F)c(F)cc1NC(=O)N(CCO)CCO. The summed E-state index contributed by atoms with van der Waals surface area (Å²) in [6.45, 7) is -0.981. The van der Waals surface area contributed by atoms with Crippen LogP contribution in [0.3, 0.4) is 0 Å². The molecule has 9 heteroatoms. The maximum atomic E-state index is 13.2. The van der Waals surface area contributed by atoms with E-state index in [-0.39, 0.29) is 26.3 Å². The Morgan fingerprint density at radius 1 is 1.10 bits per heavy atom. The number of carboxylic acid groups (broad SMARTS) is 1. The number of hydrogen-bond donors (Lipinski definition) is 4. The number of rotatable bonds is 6. The maximum Gasteiger partial charge on any atom is 0.337 e. The molecule has 0 aliphatic heterocycles. The largest absolute Gasteiger partial charge is 0.478 e. The zero-order valence-corrected chi connectivity index (χ0v) is 10.8. The predicted molar refractivity (Wildman–Crippen MR) is 68.1 cm³/mol. The van der Waals surface area contributed by atoms with Gasteiger partial charge in [-0.15, -0.1) is 0 Å². The highest BCUT2D eigenvalue weighted by Crippen LogP contribution is 2.20. The molecule has 0 saturated carbocycles. The number of halogens is 2. The highest BCUT2D eigenvalue weighted by molar-refractivity contribution is 6.00. The molecule has 2 amide bonds. The zero-order valence-electron chi connectivity index (χ0n) is 10.8. The van der Waals surface area contributed by atoms with Crippen molar-refractivity contribution in [1.82, 2.24) is 4.90 Å². The summed E-state index contributed by atoms with van der Waals surface area (Å²) in [7, 11) is 0. The van der Waals surface area contributed by atoms with Crippen LogP contribution in [0.4, 0.5) is 19.3 Å². The van der Waals surface area contributed by atoms with Gasteiger partial charge in [0.15, 0.2) is 11.6 Å². The molecule has 0 heterocycles. The first kappa shape index (κ1) is 16.8. The van der Waals surface area contributed by atoms with Crippen LogP contribution in [-0.2, 0) is 0 Å². The molecule has 0 bridgehead atoms. The number of anilines is 1. The number of amides is 2. The molecule has 0 spiro atoms. The minimum absolute atomic E-state index is 0.113. The van der Waals surface area contributed by atoms with Gasteiger partial charge in [-0.25, -0.2) is 18.4 Å². The van der Waals surface area contributed by atoms with Crippen molar-refractivity contribution < 1.29 is 33.7 Å². The number of aliphatic hydroxyl groups excluding tert-OH is 2. The lowest BCUT2D eigenvalue weighted by Crippen LogP contribution is -2.39. The molecular formula is C12H14F2N2O5. The second-order valence-corrected chi connectivity index (χ2v) is 3.98. The molecule has 7 nitrogen and oxygen atoms in total. The third kappa shape index (κ3) is 4.36. The minimum atomic E-state index is -1.54. The van der Waals surface area contributed by atoms with Gasteiger partial charge >= 0.3 is 12.0 Å². The topological polar surface area (TPSA) is 110 Å². The number of carboxylic acids is 1. The smallest absolute Gasteiger partial charge is 0.337 e. The van der Waals surface area contributed by atoms with Gasteiger partial charge in [-0.1, -0.05) is 0 Å². The van der Waals surface area contributed by atoms with E-state index in [4.69, 9.17) is 15.3 Å². The number of nitrogens with zero attached hydrogens (tertiary/aromatic N) is 1. The van der Waals surface area contributed by atoms with Gasteiger partial charge in [0.25, 0.3) is 0 Å². The van der Waals surface area contributed by atoms with Gasteiger partial charge < -0.3 is 25.5 Å². The first-order chi connectivity index (χ1) is 9.90. The van der Waals surface area contributed by atoms with E-state index in [0.717, 1.165) is 4.90 Å². The average molecular weight is 304 g/mol. The number of aromatic carboxylic acids is 1. The molecule has 0 aliphatic rings. The van der Waals surface area contributed by atoms with E-state index in [2.05, 4.69) is 5.32 Å². The number of urea groups is 1. The van der Waals surface area contributed by atoms with Crippen LogP contribution in [0.25, 0.3) is 0 Å². The molecule has 0 radical (unpaired) electrons. The number of carbonyl (C=O) groups is 2. The molecular weight excluding hydrogens is 290 g/mol. The van der Waals surface area contributed by atoms with Crippen molar-refractivity contribution in [1.29, 1.82) is 0 Å². The van der Waals surface area contributed by atoms with Gasteiger partial charge in [-0.2, -0.15) is 0 Å². The Hall–Kier alpha value is -2.26. The van der Waals surface area contributed by atoms with Gasteiger partial charge in [0.05, 0.1) is 24.5 Å². The van der Waals surface area contributed by atoms with Gasteiger partial charge in [-0.3, -0.25) is 0 Å². The van der Waals surface area contributed by atoms with Crippen LogP contribution in [0.2, 0.25) is 0 Å². The van der Waals surface area contributed by atoms with Crippen LogP contribution in [0.1, 0.15) is 10.4 Å². The Labute approximate surface area is 118 Å². The van der Waals surface area contributed by atoms with E-state index in [1.165, 1.54) is 0 Å². The fourth-order valence-corrected chi connectivity index (χ4v) is 1.58. The lowest BCUT2D eigenvalue weighted by atomic mass is 10.1. The van der Waals surface area contributed by atoms with E-state index < -0.39 is 34.9 Å². The van der Waals surface area contributed by atoms with E-state index >= 15 is 0 Å². The molecule has 116 valence electrons. The highest BCUT2D eigenvalue weighted by Gasteiger charge is 2.19. The quantitative estimate of drug-likeness (QED) is 0.611. The second-order valence-electron chi connectivity index (χ2n) is 3.98. The van der Waals surface area contributed by atoms with Crippen molar-refractivity contribution in [3.05, 3.63) is 29.3 Å². The number of nitrogens with one attached hydrogen (secondary N) is 1. The molecule has 0 unspecified atom stereocenters. The van der Waals surface area contributed by atoms with Crippen molar-refractivity contribution >= 4 is 17.7 Å². The van der Waals surface area contributed by atoms with Crippen LogP contribution in [-0.4, -0.2) is 58.5 Å². The molecule has 0 fully saturated rings. The monoisotopic (exact) mass is 304 g/mol. The van der Waals surface area contributed by atoms with E-state index in [0.29, 0.717) is 12.1 Å². The summed E-state index contributed by atoms with van der Waals surface area (Å²) in [6, 6.07) is 0.147. The van der Waals surface area contributed by atoms with Crippen LogP contribution in [0.5, 0.6) is 0 Å². The molecule has 0 atom stereocenters. The van der Waals surface area contributed by atoms with E-state index in [9.17, 15) is 18.4 Å². The van der Waals surface area contributed by atoms with Crippen molar-refractivity contribution in [2.24, 2.45) is 0 Å². The number of carbonyl (C=O) groups excluding carboxylic acids is 1. The zero-order chi connectivity index (χ0) is 16.0. The molecule has 4 N–H and O–H groups in total. The molecule has 0 aliphatic carbocycles. The molecule has 1 rings (SSSR count). The van der Waals surface area contributed by atoms with Gasteiger partial charge in [0.1, 0.15) is 0 Å².